The van der Waals surface area contributed by atoms with E-state index in [1.807, 2.05) is 0 Å². The lowest BCUT2D eigenvalue weighted by Gasteiger charge is -2.24. The maximum absolute atomic E-state index is 8.55. The Morgan fingerprint density at radius 2 is 2.07 bits per heavy atom. The van der Waals surface area contributed by atoms with Gasteiger partial charge < -0.3 is 0 Å². The van der Waals surface area contributed by atoms with Crippen LogP contribution in [0.1, 0.15) is 44.9 Å². The van der Waals surface area contributed by atoms with Crippen molar-refractivity contribution in [2.45, 2.75) is 51.0 Å². The van der Waals surface area contributed by atoms with E-state index in [0.717, 1.165) is 19.3 Å². The van der Waals surface area contributed by atoms with E-state index in [4.69, 9.17) is 5.53 Å². The Bertz CT molecular complexity index is 335. The van der Waals surface area contributed by atoms with Crippen molar-refractivity contribution in [3.63, 3.8) is 0 Å². The van der Waals surface area contributed by atoms with Crippen LogP contribution >= 0.6 is 0 Å². The summed E-state index contributed by atoms with van der Waals surface area (Å²) in [6.07, 6.45) is 12.9. The summed E-state index contributed by atoms with van der Waals surface area (Å²) in [6.45, 7) is 0. The lowest BCUT2D eigenvalue weighted by Crippen LogP contribution is -2.14. The van der Waals surface area contributed by atoms with Crippen LogP contribution in [0.5, 0.6) is 0 Å². The second kappa shape index (κ2) is 5.04. The molecule has 0 N–H and O–H groups in total. The zero-order valence-corrected chi connectivity index (χ0v) is 9.02. The van der Waals surface area contributed by atoms with E-state index in [2.05, 4.69) is 22.2 Å². The second-order valence-corrected chi connectivity index (χ2v) is 4.29. The highest BCUT2D eigenvalue weighted by molar-refractivity contribution is 5.37. The van der Waals surface area contributed by atoms with Crippen LogP contribution < -0.4 is 0 Å². The first kappa shape index (κ1) is 10.3. The molecule has 0 saturated carbocycles. The van der Waals surface area contributed by atoms with E-state index in [0.29, 0.717) is 0 Å². The molecule has 0 heterocycles. The van der Waals surface area contributed by atoms with Gasteiger partial charge in [-0.25, -0.2) is 0 Å². The van der Waals surface area contributed by atoms with Gasteiger partial charge >= 0.3 is 0 Å². The third kappa shape index (κ3) is 2.42. The minimum absolute atomic E-state index is 0.105. The lowest BCUT2D eigenvalue weighted by atomic mass is 9.84. The summed E-state index contributed by atoms with van der Waals surface area (Å²) in [7, 11) is 0. The highest BCUT2D eigenvalue weighted by Crippen LogP contribution is 2.32. The quantitative estimate of drug-likeness (QED) is 0.365. The van der Waals surface area contributed by atoms with Gasteiger partial charge in [0, 0.05) is 4.91 Å². The molecule has 0 fully saturated rings. The number of hydrogen-bond donors (Lipinski definition) is 0. The summed E-state index contributed by atoms with van der Waals surface area (Å²) in [5.41, 5.74) is 11.3. The van der Waals surface area contributed by atoms with Crippen LogP contribution in [0.3, 0.4) is 0 Å². The van der Waals surface area contributed by atoms with Crippen molar-refractivity contribution in [3.05, 3.63) is 33.7 Å². The first-order chi connectivity index (χ1) is 7.42. The molecule has 0 bridgehead atoms. The summed E-state index contributed by atoms with van der Waals surface area (Å²) in [5.74, 6) is 0. The highest BCUT2D eigenvalue weighted by atomic mass is 15.1. The molecule has 0 aliphatic heterocycles. The standard InChI is InChI=1S/C12H17N3/c13-15-14-12-9-5-4-8-11(12)10-6-2-1-3-7-10/h6,8,12H,1-5,7,9H2. The van der Waals surface area contributed by atoms with E-state index in [-0.39, 0.29) is 6.04 Å². The number of allylic oxidation sites excluding steroid dienone is 2. The van der Waals surface area contributed by atoms with Crippen molar-refractivity contribution in [3.8, 4) is 0 Å². The van der Waals surface area contributed by atoms with E-state index in [9.17, 15) is 0 Å². The van der Waals surface area contributed by atoms with Crippen LogP contribution in [0.15, 0.2) is 28.4 Å². The van der Waals surface area contributed by atoms with Gasteiger partial charge in [0.05, 0.1) is 6.04 Å². The van der Waals surface area contributed by atoms with Crippen LogP contribution in [-0.2, 0) is 0 Å². The molecule has 0 aromatic carbocycles. The summed E-state index contributed by atoms with van der Waals surface area (Å²) in [4.78, 5) is 2.96. The maximum Gasteiger partial charge on any atom is 0.0624 e. The van der Waals surface area contributed by atoms with Gasteiger partial charge in [-0.15, -0.1) is 0 Å². The molecule has 0 radical (unpaired) electrons. The molecule has 0 amide bonds. The Labute approximate surface area is 90.5 Å². The number of azide groups is 1. The Hall–Kier alpha value is -1.21. The fraction of sp³-hybridized carbons (Fsp3) is 0.667. The summed E-state index contributed by atoms with van der Waals surface area (Å²) >= 11 is 0. The van der Waals surface area contributed by atoms with Crippen molar-refractivity contribution in [2.75, 3.05) is 0 Å². The topological polar surface area (TPSA) is 48.8 Å². The molecule has 80 valence electrons. The maximum atomic E-state index is 8.55. The normalized spacial score (nSPS) is 26.3. The van der Waals surface area contributed by atoms with Gasteiger partial charge in [-0.2, -0.15) is 0 Å². The number of rotatable bonds is 2. The molecule has 0 spiro atoms. The largest absolute Gasteiger partial charge is 0.0859 e. The van der Waals surface area contributed by atoms with Crippen LogP contribution in [0.25, 0.3) is 10.4 Å². The van der Waals surface area contributed by atoms with Gasteiger partial charge in [-0.3, -0.25) is 0 Å². The molecule has 3 nitrogen and oxygen atoms in total. The molecule has 1 unspecified atom stereocenters. The number of hydrogen-bond acceptors (Lipinski definition) is 1. The molecule has 0 saturated heterocycles. The van der Waals surface area contributed by atoms with E-state index in [1.54, 1.807) is 0 Å². The van der Waals surface area contributed by atoms with Gasteiger partial charge in [-0.1, -0.05) is 17.3 Å². The Morgan fingerprint density at radius 1 is 1.20 bits per heavy atom. The van der Waals surface area contributed by atoms with Gasteiger partial charge in [0.1, 0.15) is 0 Å². The first-order valence-electron chi connectivity index (χ1n) is 5.85. The molecule has 0 aromatic rings. The van der Waals surface area contributed by atoms with Crippen LogP contribution in [0, 0.1) is 0 Å². The van der Waals surface area contributed by atoms with Crippen LogP contribution in [0.4, 0.5) is 0 Å². The van der Waals surface area contributed by atoms with E-state index >= 15 is 0 Å². The van der Waals surface area contributed by atoms with Crippen molar-refractivity contribution < 1.29 is 0 Å². The summed E-state index contributed by atoms with van der Waals surface area (Å²) < 4.78 is 0. The molecule has 3 heteroatoms. The smallest absolute Gasteiger partial charge is 0.0624 e. The van der Waals surface area contributed by atoms with Gasteiger partial charge in [0.15, 0.2) is 0 Å². The molecular formula is C12H17N3. The Morgan fingerprint density at radius 3 is 2.80 bits per heavy atom. The highest BCUT2D eigenvalue weighted by Gasteiger charge is 2.20. The molecular weight excluding hydrogens is 186 g/mol. The fourth-order valence-electron chi connectivity index (χ4n) is 2.49. The second-order valence-electron chi connectivity index (χ2n) is 4.29. The molecule has 2 aliphatic rings. The molecule has 2 aliphatic carbocycles. The number of nitrogens with zero attached hydrogens (tertiary/aromatic N) is 3. The summed E-state index contributed by atoms with van der Waals surface area (Å²) in [5, 5.41) is 3.91. The predicted octanol–water partition coefficient (Wildman–Crippen LogP) is 4.28. The van der Waals surface area contributed by atoms with Crippen molar-refractivity contribution >= 4 is 0 Å². The molecule has 1 atom stereocenters. The van der Waals surface area contributed by atoms with Crippen molar-refractivity contribution in [1.82, 2.24) is 0 Å². The third-order valence-corrected chi connectivity index (χ3v) is 3.26. The van der Waals surface area contributed by atoms with E-state index < -0.39 is 0 Å². The van der Waals surface area contributed by atoms with Gasteiger partial charge in [-0.05, 0) is 61.6 Å². The summed E-state index contributed by atoms with van der Waals surface area (Å²) in [6, 6.07) is 0.105. The Balaban J connectivity index is 2.20. The zero-order valence-electron chi connectivity index (χ0n) is 9.02. The minimum Gasteiger partial charge on any atom is -0.0859 e. The minimum atomic E-state index is 0.105. The first-order valence-corrected chi connectivity index (χ1v) is 5.85. The lowest BCUT2D eigenvalue weighted by molar-refractivity contribution is 0.600. The monoisotopic (exact) mass is 203 g/mol. The zero-order chi connectivity index (χ0) is 10.5. The fourth-order valence-corrected chi connectivity index (χ4v) is 2.49. The van der Waals surface area contributed by atoms with Crippen LogP contribution in [0.2, 0.25) is 0 Å². The molecule has 2 rings (SSSR count). The molecule has 0 aromatic heterocycles. The Kier molecular flexibility index (Phi) is 3.46. The third-order valence-electron chi connectivity index (χ3n) is 3.26. The van der Waals surface area contributed by atoms with Gasteiger partial charge in [0.25, 0.3) is 0 Å². The average Bonchev–Trinajstić information content (AvgIpc) is 2.31. The van der Waals surface area contributed by atoms with Crippen molar-refractivity contribution in [1.29, 1.82) is 0 Å². The predicted molar refractivity (Wildman–Crippen MR) is 61.4 cm³/mol. The van der Waals surface area contributed by atoms with Crippen LogP contribution in [-0.4, -0.2) is 6.04 Å². The average molecular weight is 203 g/mol. The molecule has 15 heavy (non-hydrogen) atoms. The van der Waals surface area contributed by atoms with Crippen molar-refractivity contribution in [2.24, 2.45) is 5.11 Å². The SMILES string of the molecule is [N-]=[N+]=NC1CCCC=C1C1=CCCCC1. The van der Waals surface area contributed by atoms with Gasteiger partial charge in [0.2, 0.25) is 0 Å². The van der Waals surface area contributed by atoms with E-state index in [1.165, 1.54) is 36.8 Å².